The molecule has 1 unspecified atom stereocenters. The first-order valence-electron chi connectivity index (χ1n) is 10.7. The Morgan fingerprint density at radius 3 is 2.30 bits per heavy atom. The van der Waals surface area contributed by atoms with Crippen LogP contribution in [-0.4, -0.2) is 36.7 Å². The lowest BCUT2D eigenvalue weighted by molar-refractivity contribution is -0.152. The second kappa shape index (κ2) is 11.0. The van der Waals surface area contributed by atoms with Gasteiger partial charge in [0.1, 0.15) is 6.61 Å². The van der Waals surface area contributed by atoms with Crippen LogP contribution >= 0.6 is 0 Å². The molecule has 0 saturated heterocycles. The molecular weight excluding hydrogens is 384 g/mol. The number of esters is 1. The summed E-state index contributed by atoms with van der Waals surface area (Å²) in [5, 5.41) is 6.00. The normalized spacial score (nSPS) is 21.3. The van der Waals surface area contributed by atoms with Crippen LogP contribution in [0.25, 0.3) is 0 Å². The quantitative estimate of drug-likeness (QED) is 0.567. The number of carbonyl (C=O) groups excluding carboxylic acids is 3. The number of benzene rings is 1. The van der Waals surface area contributed by atoms with Gasteiger partial charge < -0.3 is 20.1 Å². The summed E-state index contributed by atoms with van der Waals surface area (Å²) in [6.07, 6.45) is 2.93. The van der Waals surface area contributed by atoms with Gasteiger partial charge in [-0.3, -0.25) is 9.59 Å². The molecule has 0 aromatic heterocycles. The zero-order valence-electron chi connectivity index (χ0n) is 18.4. The molecule has 1 saturated carbocycles. The van der Waals surface area contributed by atoms with Gasteiger partial charge in [0.15, 0.2) is 0 Å². The van der Waals surface area contributed by atoms with Crippen molar-refractivity contribution in [3.8, 4) is 0 Å². The van der Waals surface area contributed by atoms with Gasteiger partial charge in [-0.2, -0.15) is 0 Å². The summed E-state index contributed by atoms with van der Waals surface area (Å²) >= 11 is 0. The molecule has 1 aliphatic rings. The van der Waals surface area contributed by atoms with Gasteiger partial charge in [0, 0.05) is 6.92 Å². The molecule has 1 aromatic carbocycles. The molecule has 2 rings (SSSR count). The van der Waals surface area contributed by atoms with Crippen LogP contribution < -0.4 is 10.6 Å². The summed E-state index contributed by atoms with van der Waals surface area (Å²) in [7, 11) is 1.36. The molecule has 0 aliphatic heterocycles. The lowest BCUT2D eigenvalue weighted by Gasteiger charge is -2.51. The van der Waals surface area contributed by atoms with Crippen LogP contribution in [0.2, 0.25) is 0 Å². The number of carbonyl (C=O) groups is 3. The van der Waals surface area contributed by atoms with Crippen molar-refractivity contribution in [1.29, 1.82) is 0 Å². The number of alkyl carbamates (subject to hydrolysis) is 1. The molecule has 1 fully saturated rings. The maximum atomic E-state index is 12.6. The molecular formula is C23H34N2O5. The van der Waals surface area contributed by atoms with E-state index in [9.17, 15) is 14.4 Å². The van der Waals surface area contributed by atoms with Gasteiger partial charge in [-0.25, -0.2) is 4.79 Å². The van der Waals surface area contributed by atoms with Crippen molar-refractivity contribution in [2.75, 3.05) is 7.11 Å². The highest BCUT2D eigenvalue weighted by Gasteiger charge is 2.54. The minimum Gasteiger partial charge on any atom is -0.469 e. The van der Waals surface area contributed by atoms with Gasteiger partial charge in [-0.05, 0) is 30.7 Å². The number of methoxy groups -OCH3 is 1. The molecule has 30 heavy (non-hydrogen) atoms. The predicted octanol–water partition coefficient (Wildman–Crippen LogP) is 3.57. The summed E-state index contributed by atoms with van der Waals surface area (Å²) in [4.78, 5) is 36.5. The number of rotatable bonds is 10. The largest absolute Gasteiger partial charge is 0.469 e. The molecule has 7 heteroatoms. The van der Waals surface area contributed by atoms with Crippen molar-refractivity contribution < 1.29 is 23.9 Å². The van der Waals surface area contributed by atoms with Gasteiger partial charge in [0.25, 0.3) is 0 Å². The third-order valence-electron chi connectivity index (χ3n) is 6.09. The average Bonchev–Trinajstić information content (AvgIpc) is 2.71. The van der Waals surface area contributed by atoms with Crippen LogP contribution in [-0.2, 0) is 25.7 Å². The van der Waals surface area contributed by atoms with Crippen LogP contribution in [0.3, 0.4) is 0 Å². The maximum Gasteiger partial charge on any atom is 0.407 e. The smallest absolute Gasteiger partial charge is 0.407 e. The molecule has 2 amide bonds. The summed E-state index contributed by atoms with van der Waals surface area (Å²) in [5.41, 5.74) is 0.152. The van der Waals surface area contributed by atoms with Crippen molar-refractivity contribution >= 4 is 18.0 Å². The SMILES string of the molecule is CCC(CC)CC(NC(C)=O)C1(NC(=O)OCc2ccccc2)CC(C(=O)OC)C1. The second-order valence-electron chi connectivity index (χ2n) is 8.14. The molecule has 166 valence electrons. The summed E-state index contributed by atoms with van der Waals surface area (Å²) in [6, 6.07) is 9.14. The van der Waals surface area contributed by atoms with E-state index in [1.165, 1.54) is 14.0 Å². The highest BCUT2D eigenvalue weighted by Crippen LogP contribution is 2.43. The zero-order chi connectivity index (χ0) is 22.1. The number of hydrogen-bond acceptors (Lipinski definition) is 5. The van der Waals surface area contributed by atoms with Crippen LogP contribution in [0.15, 0.2) is 30.3 Å². The van der Waals surface area contributed by atoms with Crippen molar-refractivity contribution in [3.05, 3.63) is 35.9 Å². The van der Waals surface area contributed by atoms with Crippen molar-refractivity contribution in [2.45, 2.75) is 71.1 Å². The maximum absolute atomic E-state index is 12.6. The van der Waals surface area contributed by atoms with Gasteiger partial charge in [-0.1, -0.05) is 57.0 Å². The molecule has 0 spiro atoms. The zero-order valence-corrected chi connectivity index (χ0v) is 18.4. The minimum atomic E-state index is -0.735. The van der Waals surface area contributed by atoms with Crippen LogP contribution in [0, 0.1) is 11.8 Å². The van der Waals surface area contributed by atoms with E-state index in [4.69, 9.17) is 9.47 Å². The monoisotopic (exact) mass is 418 g/mol. The Kier molecular flexibility index (Phi) is 8.69. The second-order valence-corrected chi connectivity index (χ2v) is 8.14. The number of ether oxygens (including phenoxy) is 2. The third-order valence-corrected chi connectivity index (χ3v) is 6.09. The van der Waals surface area contributed by atoms with E-state index in [0.29, 0.717) is 18.8 Å². The van der Waals surface area contributed by atoms with Gasteiger partial charge in [0.05, 0.1) is 24.6 Å². The van der Waals surface area contributed by atoms with E-state index in [2.05, 4.69) is 24.5 Å². The minimum absolute atomic E-state index is 0.153. The molecule has 1 aromatic rings. The van der Waals surface area contributed by atoms with E-state index in [1.807, 2.05) is 30.3 Å². The predicted molar refractivity (Wildman–Crippen MR) is 114 cm³/mol. The fourth-order valence-corrected chi connectivity index (χ4v) is 4.21. The molecule has 1 atom stereocenters. The Balaban J connectivity index is 2.15. The Morgan fingerprint density at radius 2 is 1.77 bits per heavy atom. The lowest BCUT2D eigenvalue weighted by atomic mass is 9.62. The van der Waals surface area contributed by atoms with Gasteiger partial charge >= 0.3 is 12.1 Å². The number of amides is 2. The molecule has 0 bridgehead atoms. The number of hydrogen-bond donors (Lipinski definition) is 2. The fraction of sp³-hybridized carbons (Fsp3) is 0.609. The van der Waals surface area contributed by atoms with E-state index in [1.54, 1.807) is 0 Å². The van der Waals surface area contributed by atoms with Crippen molar-refractivity contribution in [3.63, 3.8) is 0 Å². The summed E-state index contributed by atoms with van der Waals surface area (Å²) in [6.45, 7) is 5.86. The molecule has 1 aliphatic carbocycles. The first kappa shape index (κ1) is 23.7. The van der Waals surface area contributed by atoms with Gasteiger partial charge in [-0.15, -0.1) is 0 Å². The average molecular weight is 419 g/mol. The van der Waals surface area contributed by atoms with Crippen molar-refractivity contribution in [2.24, 2.45) is 11.8 Å². The van der Waals surface area contributed by atoms with E-state index in [-0.39, 0.29) is 30.4 Å². The highest BCUT2D eigenvalue weighted by molar-refractivity contribution is 5.77. The number of nitrogens with one attached hydrogen (secondary N) is 2. The van der Waals surface area contributed by atoms with E-state index in [0.717, 1.165) is 24.8 Å². The van der Waals surface area contributed by atoms with E-state index >= 15 is 0 Å². The Labute approximate surface area is 178 Å². The summed E-state index contributed by atoms with van der Waals surface area (Å²) < 4.78 is 10.3. The van der Waals surface area contributed by atoms with Crippen molar-refractivity contribution in [1.82, 2.24) is 10.6 Å². The Morgan fingerprint density at radius 1 is 1.13 bits per heavy atom. The van der Waals surface area contributed by atoms with Gasteiger partial charge in [0.2, 0.25) is 5.91 Å². The molecule has 7 nitrogen and oxygen atoms in total. The highest BCUT2D eigenvalue weighted by atomic mass is 16.5. The first-order chi connectivity index (χ1) is 14.3. The van der Waals surface area contributed by atoms with Crippen LogP contribution in [0.1, 0.15) is 58.4 Å². The lowest BCUT2D eigenvalue weighted by Crippen LogP contribution is -2.69. The van der Waals surface area contributed by atoms with Crippen LogP contribution in [0.5, 0.6) is 0 Å². The standard InChI is InChI=1S/C23H34N2O5/c1-5-17(6-2)12-20(24-16(3)26)23(13-19(14-23)21(27)29-4)25-22(28)30-15-18-10-8-7-9-11-18/h7-11,17,19-20H,5-6,12-15H2,1-4H3,(H,24,26)(H,25,28). The Bertz CT molecular complexity index is 712. The molecule has 0 heterocycles. The topological polar surface area (TPSA) is 93.7 Å². The van der Waals surface area contributed by atoms with Crippen LogP contribution in [0.4, 0.5) is 4.79 Å². The molecule has 0 radical (unpaired) electrons. The fourth-order valence-electron chi connectivity index (χ4n) is 4.21. The summed E-state index contributed by atoms with van der Waals surface area (Å²) in [5.74, 6) is -0.360. The first-order valence-corrected chi connectivity index (χ1v) is 10.7. The third kappa shape index (κ3) is 6.21. The van der Waals surface area contributed by atoms with E-state index < -0.39 is 11.6 Å². The molecule has 2 N–H and O–H groups in total. The Hall–Kier alpha value is -2.57.